The minimum atomic E-state index is 0.554. The molecule has 1 N–H and O–H groups in total. The van der Waals surface area contributed by atoms with Gasteiger partial charge >= 0.3 is 0 Å². The van der Waals surface area contributed by atoms with Gasteiger partial charge in [0.25, 0.3) is 0 Å². The van der Waals surface area contributed by atoms with Gasteiger partial charge in [-0.05, 0) is 55.2 Å². The molecule has 0 unspecified atom stereocenters. The van der Waals surface area contributed by atoms with Crippen LogP contribution in [-0.2, 0) is 13.0 Å². The molecule has 1 heterocycles. The van der Waals surface area contributed by atoms with Gasteiger partial charge < -0.3 is 14.5 Å². The molecule has 1 aliphatic carbocycles. The van der Waals surface area contributed by atoms with Crippen LogP contribution in [0.3, 0.4) is 0 Å². The zero-order chi connectivity index (χ0) is 19.6. The van der Waals surface area contributed by atoms with Crippen LogP contribution in [0.2, 0.25) is 0 Å². The quantitative estimate of drug-likeness (QED) is 0.362. The summed E-state index contributed by atoms with van der Waals surface area (Å²) in [6.45, 7) is 0.554. The third kappa shape index (κ3) is 3.17. The van der Waals surface area contributed by atoms with E-state index in [2.05, 4.69) is 52.2 Å². The van der Waals surface area contributed by atoms with Crippen molar-refractivity contribution in [3.05, 3.63) is 95.7 Å². The molecule has 0 saturated heterocycles. The first-order valence-corrected chi connectivity index (χ1v) is 9.96. The zero-order valence-electron chi connectivity index (χ0n) is 16.1. The Labute approximate surface area is 169 Å². The number of ether oxygens (including phenoxy) is 1. The van der Waals surface area contributed by atoms with Crippen LogP contribution in [0.1, 0.15) is 29.7 Å². The Morgan fingerprint density at radius 3 is 2.41 bits per heavy atom. The summed E-state index contributed by atoms with van der Waals surface area (Å²) in [6, 6.07) is 26.7. The van der Waals surface area contributed by atoms with Crippen molar-refractivity contribution in [3.8, 4) is 11.4 Å². The topological polar surface area (TPSA) is 46.8 Å². The van der Waals surface area contributed by atoms with Crippen LogP contribution in [0.15, 0.2) is 84.0 Å². The average Bonchev–Trinajstić information content (AvgIpc) is 3.13. The molecule has 0 fully saturated rings. The Kier molecular flexibility index (Phi) is 4.53. The van der Waals surface area contributed by atoms with E-state index in [1.54, 1.807) is 0 Å². The van der Waals surface area contributed by atoms with Gasteiger partial charge in [-0.3, -0.25) is 0 Å². The molecule has 0 aliphatic heterocycles. The molecular formula is C25H22N2O2. The Bertz CT molecular complexity index is 1170. The van der Waals surface area contributed by atoms with Gasteiger partial charge in [0.2, 0.25) is 0 Å². The molecule has 0 spiro atoms. The van der Waals surface area contributed by atoms with Crippen LogP contribution in [0.5, 0.6) is 5.75 Å². The molecule has 0 atom stereocenters. The fourth-order valence-electron chi connectivity index (χ4n) is 4.23. The maximum Gasteiger partial charge on any atom is 0.119 e. The van der Waals surface area contributed by atoms with Gasteiger partial charge in [-0.2, -0.15) is 0 Å². The van der Waals surface area contributed by atoms with Crippen molar-refractivity contribution in [3.63, 3.8) is 0 Å². The Balaban J connectivity index is 1.51. The van der Waals surface area contributed by atoms with Crippen LogP contribution in [0.25, 0.3) is 16.6 Å². The third-order valence-corrected chi connectivity index (χ3v) is 5.55. The van der Waals surface area contributed by atoms with Crippen LogP contribution in [0.4, 0.5) is 0 Å². The van der Waals surface area contributed by atoms with Gasteiger partial charge in [-0.15, -0.1) is 0 Å². The largest absolute Gasteiger partial charge is 0.489 e. The molecule has 0 radical (unpaired) electrons. The highest BCUT2D eigenvalue weighted by Crippen LogP contribution is 2.35. The van der Waals surface area contributed by atoms with E-state index in [0.717, 1.165) is 58.4 Å². The first kappa shape index (κ1) is 17.6. The molecule has 1 aromatic heterocycles. The molecule has 0 saturated carbocycles. The van der Waals surface area contributed by atoms with E-state index in [1.165, 1.54) is 5.69 Å². The number of nitrogens with zero attached hydrogens (tertiary/aromatic N) is 2. The van der Waals surface area contributed by atoms with Crippen LogP contribution >= 0.6 is 0 Å². The monoisotopic (exact) mass is 382 g/mol. The highest BCUT2D eigenvalue weighted by Gasteiger charge is 2.25. The molecule has 144 valence electrons. The van der Waals surface area contributed by atoms with Crippen molar-refractivity contribution in [2.24, 2.45) is 5.16 Å². The van der Waals surface area contributed by atoms with Gasteiger partial charge in [0, 0.05) is 22.3 Å². The van der Waals surface area contributed by atoms with Crippen LogP contribution in [-0.4, -0.2) is 15.5 Å². The summed E-state index contributed by atoms with van der Waals surface area (Å²) in [4.78, 5) is 0. The number of fused-ring (bicyclic) bond motifs is 3. The fourth-order valence-corrected chi connectivity index (χ4v) is 4.23. The number of hydrogen-bond acceptors (Lipinski definition) is 3. The molecule has 0 amide bonds. The van der Waals surface area contributed by atoms with Crippen LogP contribution in [0, 0.1) is 0 Å². The Hall–Kier alpha value is -3.53. The number of rotatable bonds is 4. The minimum Gasteiger partial charge on any atom is -0.489 e. The average molecular weight is 382 g/mol. The van der Waals surface area contributed by atoms with Gasteiger partial charge in [0.15, 0.2) is 0 Å². The van der Waals surface area contributed by atoms with Crippen LogP contribution < -0.4 is 4.74 Å². The van der Waals surface area contributed by atoms with Gasteiger partial charge in [0.05, 0.1) is 11.2 Å². The minimum absolute atomic E-state index is 0.554. The van der Waals surface area contributed by atoms with Crippen molar-refractivity contribution in [1.82, 2.24) is 4.57 Å². The molecule has 4 nitrogen and oxygen atoms in total. The highest BCUT2D eigenvalue weighted by atomic mass is 16.5. The first-order chi connectivity index (χ1) is 14.3. The van der Waals surface area contributed by atoms with E-state index >= 15 is 0 Å². The SMILES string of the molecule is ON=C1CCCc2c1c1ccccc1n2-c1ccc(OCc2ccccc2)cc1. The Morgan fingerprint density at radius 2 is 1.62 bits per heavy atom. The van der Waals surface area contributed by atoms with E-state index < -0.39 is 0 Å². The summed E-state index contributed by atoms with van der Waals surface area (Å²) in [5, 5.41) is 14.3. The maximum absolute atomic E-state index is 9.53. The molecule has 5 rings (SSSR count). The lowest BCUT2D eigenvalue weighted by atomic mass is 9.93. The first-order valence-electron chi connectivity index (χ1n) is 9.96. The summed E-state index contributed by atoms with van der Waals surface area (Å²) in [5.74, 6) is 0.848. The summed E-state index contributed by atoms with van der Waals surface area (Å²) in [5.41, 5.74) is 6.45. The lowest BCUT2D eigenvalue weighted by Gasteiger charge is -2.17. The maximum atomic E-state index is 9.53. The van der Waals surface area contributed by atoms with Crippen molar-refractivity contribution in [1.29, 1.82) is 0 Å². The van der Waals surface area contributed by atoms with Gasteiger partial charge in [-0.25, -0.2) is 0 Å². The van der Waals surface area contributed by atoms with Crippen molar-refractivity contribution in [2.75, 3.05) is 0 Å². The summed E-state index contributed by atoms with van der Waals surface area (Å²) < 4.78 is 8.23. The lowest BCUT2D eigenvalue weighted by molar-refractivity contribution is 0.306. The zero-order valence-corrected chi connectivity index (χ0v) is 16.1. The molecule has 0 bridgehead atoms. The highest BCUT2D eigenvalue weighted by molar-refractivity contribution is 6.13. The summed E-state index contributed by atoms with van der Waals surface area (Å²) in [6.07, 6.45) is 2.76. The third-order valence-electron chi connectivity index (χ3n) is 5.55. The second-order valence-corrected chi connectivity index (χ2v) is 7.34. The second kappa shape index (κ2) is 7.47. The van der Waals surface area contributed by atoms with Crippen molar-refractivity contribution < 1.29 is 9.94 Å². The predicted octanol–water partition coefficient (Wildman–Crippen LogP) is 5.72. The number of oxime groups is 1. The Morgan fingerprint density at radius 1 is 0.862 bits per heavy atom. The molecule has 3 aromatic carbocycles. The van der Waals surface area contributed by atoms with E-state index in [4.69, 9.17) is 4.74 Å². The number of benzene rings is 3. The van der Waals surface area contributed by atoms with E-state index in [1.807, 2.05) is 36.4 Å². The number of hydrogen-bond donors (Lipinski definition) is 1. The number of para-hydroxylation sites is 1. The van der Waals surface area contributed by atoms with E-state index in [9.17, 15) is 5.21 Å². The second-order valence-electron chi connectivity index (χ2n) is 7.34. The van der Waals surface area contributed by atoms with E-state index in [-0.39, 0.29) is 0 Å². The molecule has 4 heteroatoms. The standard InChI is InChI=1S/C25H22N2O2/c28-26-22-10-6-12-24-25(22)21-9-4-5-11-23(21)27(24)19-13-15-20(16-14-19)29-17-18-7-2-1-3-8-18/h1-5,7-9,11,13-16,28H,6,10,12,17H2. The lowest BCUT2D eigenvalue weighted by Crippen LogP contribution is -2.13. The van der Waals surface area contributed by atoms with E-state index in [0.29, 0.717) is 6.61 Å². The number of aromatic nitrogens is 1. The summed E-state index contributed by atoms with van der Waals surface area (Å²) in [7, 11) is 0. The predicted molar refractivity (Wildman–Crippen MR) is 115 cm³/mol. The molecular weight excluding hydrogens is 360 g/mol. The normalized spacial score (nSPS) is 14.8. The molecule has 1 aliphatic rings. The van der Waals surface area contributed by atoms with Gasteiger partial charge in [-0.1, -0.05) is 53.7 Å². The van der Waals surface area contributed by atoms with Crippen molar-refractivity contribution >= 4 is 16.6 Å². The fraction of sp³-hybridized carbons (Fsp3) is 0.160. The molecule has 4 aromatic rings. The molecule has 29 heavy (non-hydrogen) atoms. The smallest absolute Gasteiger partial charge is 0.119 e. The van der Waals surface area contributed by atoms with Gasteiger partial charge in [0.1, 0.15) is 12.4 Å². The van der Waals surface area contributed by atoms with Crippen molar-refractivity contribution in [2.45, 2.75) is 25.9 Å². The summed E-state index contributed by atoms with van der Waals surface area (Å²) >= 11 is 0.